The highest BCUT2D eigenvalue weighted by Gasteiger charge is 2.51. The molecule has 0 N–H and O–H groups in total. The van der Waals surface area contributed by atoms with Gasteiger partial charge in [0.25, 0.3) is 5.91 Å². The van der Waals surface area contributed by atoms with Crippen LogP contribution in [-0.2, 0) is 10.9 Å². The van der Waals surface area contributed by atoms with Crippen LogP contribution in [0.2, 0.25) is 0 Å². The average Bonchev–Trinajstić information content (AvgIpc) is 3.16. The predicted octanol–water partition coefficient (Wildman–Crippen LogP) is 3.90. The number of likely N-dealkylation sites (tertiary alicyclic amines) is 1. The zero-order valence-electron chi connectivity index (χ0n) is 18.5. The number of amides is 1. The van der Waals surface area contributed by atoms with Crippen LogP contribution in [-0.4, -0.2) is 55.7 Å². The van der Waals surface area contributed by atoms with Crippen molar-refractivity contribution < 1.29 is 22.7 Å². The second kappa shape index (κ2) is 8.67. The van der Waals surface area contributed by atoms with Crippen LogP contribution in [0.5, 0.6) is 0 Å². The van der Waals surface area contributed by atoms with E-state index in [4.69, 9.17) is 10.00 Å². The molecule has 0 radical (unpaired) electrons. The number of methoxy groups -OCH3 is 1. The molecule has 2 saturated heterocycles. The van der Waals surface area contributed by atoms with Crippen molar-refractivity contribution in [3.8, 4) is 6.07 Å². The van der Waals surface area contributed by atoms with Gasteiger partial charge in [-0.3, -0.25) is 9.78 Å². The summed E-state index contributed by atoms with van der Waals surface area (Å²) in [7, 11) is 1.60. The Bertz CT molecular complexity index is 1100. The van der Waals surface area contributed by atoms with Gasteiger partial charge in [-0.05, 0) is 49.1 Å². The van der Waals surface area contributed by atoms with Crippen molar-refractivity contribution >= 4 is 11.6 Å². The lowest BCUT2D eigenvalue weighted by Crippen LogP contribution is -2.53. The van der Waals surface area contributed by atoms with E-state index in [1.54, 1.807) is 42.6 Å². The summed E-state index contributed by atoms with van der Waals surface area (Å²) in [5.74, 6) is 0.0680. The third-order valence-corrected chi connectivity index (χ3v) is 6.70. The minimum Gasteiger partial charge on any atom is -0.384 e. The van der Waals surface area contributed by atoms with Crippen LogP contribution in [0.3, 0.4) is 0 Å². The number of halogens is 3. The molecule has 0 saturated carbocycles. The highest BCUT2D eigenvalue weighted by atomic mass is 19.4. The Morgan fingerprint density at radius 2 is 2.09 bits per heavy atom. The molecule has 1 aromatic heterocycles. The van der Waals surface area contributed by atoms with Gasteiger partial charge in [0.05, 0.1) is 29.4 Å². The predicted molar refractivity (Wildman–Crippen MR) is 116 cm³/mol. The van der Waals surface area contributed by atoms with Crippen molar-refractivity contribution in [1.29, 1.82) is 5.26 Å². The second-order valence-electron chi connectivity index (χ2n) is 8.98. The largest absolute Gasteiger partial charge is 0.417 e. The number of piperidine rings is 1. The Hall–Kier alpha value is -3.12. The van der Waals surface area contributed by atoms with Crippen molar-refractivity contribution in [3.05, 3.63) is 58.9 Å². The molecule has 1 aromatic carbocycles. The van der Waals surface area contributed by atoms with Gasteiger partial charge in [0.15, 0.2) is 0 Å². The van der Waals surface area contributed by atoms with Crippen LogP contribution in [0.4, 0.5) is 18.9 Å². The highest BCUT2D eigenvalue weighted by molar-refractivity contribution is 5.94. The Kier molecular flexibility index (Phi) is 6.06. The quantitative estimate of drug-likeness (QED) is 0.695. The normalized spacial score (nSPS) is 22.7. The SMILES string of the molecule is COC[C@@]12CN(C(=O)c3cncc(C)c3)CC[C@@H]1CN(c1ccc(C#N)c(C(F)(F)F)c1)C2. The molecule has 0 unspecified atom stereocenters. The van der Waals surface area contributed by atoms with Gasteiger partial charge in [0, 0.05) is 56.8 Å². The molecular weight excluding hydrogens is 433 g/mol. The van der Waals surface area contributed by atoms with Gasteiger partial charge in [-0.25, -0.2) is 0 Å². The third-order valence-electron chi connectivity index (χ3n) is 6.70. The molecule has 2 atom stereocenters. The van der Waals surface area contributed by atoms with E-state index in [2.05, 4.69) is 4.98 Å². The molecule has 2 fully saturated rings. The van der Waals surface area contributed by atoms with Gasteiger partial charge in [0.2, 0.25) is 0 Å². The Labute approximate surface area is 190 Å². The number of carbonyl (C=O) groups excluding carboxylic acids is 1. The maximum Gasteiger partial charge on any atom is 0.417 e. The minimum atomic E-state index is -4.61. The summed E-state index contributed by atoms with van der Waals surface area (Å²) < 4.78 is 46.0. The van der Waals surface area contributed by atoms with Crippen LogP contribution in [0, 0.1) is 29.6 Å². The van der Waals surface area contributed by atoms with Gasteiger partial charge in [0.1, 0.15) is 0 Å². The van der Waals surface area contributed by atoms with Crippen molar-refractivity contribution in [2.24, 2.45) is 11.3 Å². The van der Waals surface area contributed by atoms with E-state index in [-0.39, 0.29) is 11.8 Å². The smallest absolute Gasteiger partial charge is 0.384 e. The zero-order valence-corrected chi connectivity index (χ0v) is 18.5. The van der Waals surface area contributed by atoms with Crippen LogP contribution >= 0.6 is 0 Å². The van der Waals surface area contributed by atoms with E-state index < -0.39 is 22.7 Å². The van der Waals surface area contributed by atoms with E-state index in [0.717, 1.165) is 18.1 Å². The molecule has 2 aliphatic heterocycles. The zero-order chi connectivity index (χ0) is 23.8. The maximum atomic E-state index is 13.5. The number of hydrogen-bond acceptors (Lipinski definition) is 5. The summed E-state index contributed by atoms with van der Waals surface area (Å²) in [6.45, 7) is 4.33. The number of alkyl halides is 3. The molecule has 33 heavy (non-hydrogen) atoms. The lowest BCUT2D eigenvalue weighted by molar-refractivity contribution is -0.137. The number of ether oxygens (including phenoxy) is 1. The first-order valence-electron chi connectivity index (χ1n) is 10.7. The van der Waals surface area contributed by atoms with Crippen molar-refractivity contribution in [3.63, 3.8) is 0 Å². The number of carbonyl (C=O) groups is 1. The summed E-state index contributed by atoms with van der Waals surface area (Å²) in [5, 5.41) is 9.09. The van der Waals surface area contributed by atoms with E-state index >= 15 is 0 Å². The first kappa shape index (κ1) is 23.1. The standard InChI is InChI=1S/C24H25F3N4O2/c1-16-7-18(11-29-10-16)22(32)30-6-5-19-12-31(14-23(19,13-30)15-33-2)20-4-3-17(9-28)21(8-20)24(25,26)27/h3-4,7-8,10-11,19H,5-6,12-15H2,1-2H3/t19-,23+/m1/s1. The third kappa shape index (κ3) is 4.40. The topological polar surface area (TPSA) is 69.5 Å². The first-order valence-corrected chi connectivity index (χ1v) is 10.7. The van der Waals surface area contributed by atoms with Gasteiger partial charge in [-0.2, -0.15) is 18.4 Å². The number of aromatic nitrogens is 1. The molecule has 3 heterocycles. The maximum absolute atomic E-state index is 13.5. The van der Waals surface area contributed by atoms with E-state index in [9.17, 15) is 18.0 Å². The molecule has 2 aliphatic rings. The van der Waals surface area contributed by atoms with Gasteiger partial charge in [-0.15, -0.1) is 0 Å². The molecule has 6 nitrogen and oxygen atoms in total. The van der Waals surface area contributed by atoms with E-state index in [1.165, 1.54) is 6.07 Å². The lowest BCUT2D eigenvalue weighted by atomic mass is 9.74. The molecule has 0 bridgehead atoms. The van der Waals surface area contributed by atoms with Crippen molar-refractivity contribution in [1.82, 2.24) is 9.88 Å². The minimum absolute atomic E-state index is 0.101. The van der Waals surface area contributed by atoms with Crippen molar-refractivity contribution in [2.75, 3.05) is 44.8 Å². The van der Waals surface area contributed by atoms with Gasteiger partial charge < -0.3 is 14.5 Å². The number of anilines is 1. The Morgan fingerprint density at radius 3 is 2.76 bits per heavy atom. The van der Waals surface area contributed by atoms with Gasteiger partial charge in [-0.1, -0.05) is 0 Å². The molecule has 9 heteroatoms. The van der Waals surface area contributed by atoms with Crippen LogP contribution in [0.15, 0.2) is 36.7 Å². The molecule has 1 amide bonds. The fourth-order valence-corrected chi connectivity index (χ4v) is 5.16. The molecule has 2 aromatic rings. The van der Waals surface area contributed by atoms with E-state index in [1.807, 2.05) is 11.8 Å². The van der Waals surface area contributed by atoms with E-state index in [0.29, 0.717) is 44.0 Å². The number of aryl methyl sites for hydroxylation is 1. The highest BCUT2D eigenvalue weighted by Crippen LogP contribution is 2.45. The number of hydrogen-bond donors (Lipinski definition) is 0. The van der Waals surface area contributed by atoms with Crippen molar-refractivity contribution in [2.45, 2.75) is 19.5 Å². The second-order valence-corrected chi connectivity index (χ2v) is 8.98. The number of nitriles is 1. The van der Waals surface area contributed by atoms with Gasteiger partial charge >= 0.3 is 6.18 Å². The summed E-state index contributed by atoms with van der Waals surface area (Å²) in [6.07, 6.45) is -0.631. The fraction of sp³-hybridized carbons (Fsp3) is 0.458. The number of pyridine rings is 1. The number of nitrogens with zero attached hydrogens (tertiary/aromatic N) is 4. The van der Waals surface area contributed by atoms with Crippen LogP contribution < -0.4 is 4.90 Å². The molecule has 174 valence electrons. The molecular formula is C24H25F3N4O2. The lowest BCUT2D eigenvalue weighted by Gasteiger charge is -2.43. The molecule has 4 rings (SSSR count). The monoisotopic (exact) mass is 458 g/mol. The van der Waals surface area contributed by atoms with Crippen LogP contribution in [0.25, 0.3) is 0 Å². The Balaban J connectivity index is 1.61. The molecule has 0 aliphatic carbocycles. The molecule has 0 spiro atoms. The number of fused-ring (bicyclic) bond motifs is 1. The summed E-state index contributed by atoms with van der Waals surface area (Å²) in [6, 6.07) is 7.28. The fourth-order valence-electron chi connectivity index (χ4n) is 5.16. The van der Waals surface area contributed by atoms with Crippen LogP contribution in [0.1, 0.15) is 33.5 Å². The summed E-state index contributed by atoms with van der Waals surface area (Å²) >= 11 is 0. The first-order chi connectivity index (χ1) is 15.7. The summed E-state index contributed by atoms with van der Waals surface area (Å²) in [5.41, 5.74) is 0.131. The number of benzene rings is 1. The average molecular weight is 458 g/mol. The summed E-state index contributed by atoms with van der Waals surface area (Å²) in [4.78, 5) is 21.0. The Morgan fingerprint density at radius 1 is 1.30 bits per heavy atom. The number of rotatable bonds is 4.